The molecular weight excluding hydrogens is 329 g/mol. The maximum absolute atomic E-state index is 12.9. The van der Waals surface area contributed by atoms with Crippen LogP contribution >= 0.6 is 0 Å². The molecule has 0 spiro atoms. The highest BCUT2D eigenvalue weighted by molar-refractivity contribution is 5.94. The van der Waals surface area contributed by atoms with Gasteiger partial charge in [0.05, 0.1) is 11.3 Å². The van der Waals surface area contributed by atoms with Crippen molar-refractivity contribution < 1.29 is 9.18 Å². The van der Waals surface area contributed by atoms with Crippen molar-refractivity contribution in [2.45, 2.75) is 13.0 Å². The molecule has 3 rings (SSSR count). The third-order valence-corrected chi connectivity index (χ3v) is 3.95. The standard InChI is InChI=1S/C21H20FN3O/c22-19-8-6-17(7-9-19)13-25-20-12-18(14-23-15-20)21(26)24-11-10-16-4-2-1-3-5-16/h1-9,12,14-15,25H,10-11,13H2,(H,24,26). The lowest BCUT2D eigenvalue weighted by Crippen LogP contribution is -2.25. The number of amides is 1. The lowest BCUT2D eigenvalue weighted by atomic mass is 10.1. The topological polar surface area (TPSA) is 54.0 Å². The molecule has 0 saturated heterocycles. The SMILES string of the molecule is O=C(NCCc1ccccc1)c1cncc(NCc2ccc(F)cc2)c1. The number of carbonyl (C=O) groups is 1. The van der Waals surface area contributed by atoms with E-state index in [-0.39, 0.29) is 11.7 Å². The third-order valence-electron chi connectivity index (χ3n) is 3.95. The van der Waals surface area contributed by atoms with Crippen molar-refractivity contribution in [2.75, 3.05) is 11.9 Å². The Morgan fingerprint density at radius 2 is 1.73 bits per heavy atom. The van der Waals surface area contributed by atoms with E-state index in [1.807, 2.05) is 30.3 Å². The molecule has 0 aliphatic heterocycles. The number of carbonyl (C=O) groups excluding carboxylic acids is 1. The van der Waals surface area contributed by atoms with Gasteiger partial charge in [-0.3, -0.25) is 9.78 Å². The molecule has 0 unspecified atom stereocenters. The Hall–Kier alpha value is -3.21. The monoisotopic (exact) mass is 349 g/mol. The zero-order valence-electron chi connectivity index (χ0n) is 14.3. The Morgan fingerprint density at radius 1 is 0.962 bits per heavy atom. The molecular formula is C21H20FN3O. The molecule has 132 valence electrons. The Bertz CT molecular complexity index is 851. The van der Waals surface area contributed by atoms with E-state index in [0.717, 1.165) is 17.7 Å². The van der Waals surface area contributed by atoms with Crippen molar-refractivity contribution in [3.05, 3.63) is 95.6 Å². The molecule has 0 atom stereocenters. The molecule has 1 amide bonds. The van der Waals surface area contributed by atoms with E-state index >= 15 is 0 Å². The molecule has 0 radical (unpaired) electrons. The maximum atomic E-state index is 12.9. The van der Waals surface area contributed by atoms with Crippen LogP contribution in [0.5, 0.6) is 0 Å². The molecule has 0 aliphatic rings. The van der Waals surface area contributed by atoms with Gasteiger partial charge in [0.1, 0.15) is 5.82 Å². The summed E-state index contributed by atoms with van der Waals surface area (Å²) < 4.78 is 12.9. The number of hydrogen-bond acceptors (Lipinski definition) is 3. The van der Waals surface area contributed by atoms with Crippen molar-refractivity contribution in [1.29, 1.82) is 0 Å². The summed E-state index contributed by atoms with van der Waals surface area (Å²) in [5.41, 5.74) is 3.37. The average molecular weight is 349 g/mol. The van der Waals surface area contributed by atoms with Gasteiger partial charge >= 0.3 is 0 Å². The Labute approximate surface area is 152 Å². The number of aromatic nitrogens is 1. The average Bonchev–Trinajstić information content (AvgIpc) is 2.68. The minimum atomic E-state index is -0.260. The van der Waals surface area contributed by atoms with E-state index in [4.69, 9.17) is 0 Å². The van der Waals surface area contributed by atoms with Crippen LogP contribution in [0.1, 0.15) is 21.5 Å². The van der Waals surface area contributed by atoms with E-state index in [1.54, 1.807) is 30.6 Å². The van der Waals surface area contributed by atoms with Crippen LogP contribution in [0, 0.1) is 5.82 Å². The van der Waals surface area contributed by atoms with Gasteiger partial charge in [0.2, 0.25) is 0 Å². The lowest BCUT2D eigenvalue weighted by Gasteiger charge is -2.09. The predicted molar refractivity (Wildman–Crippen MR) is 100 cm³/mol. The fourth-order valence-corrected chi connectivity index (χ4v) is 2.53. The zero-order valence-corrected chi connectivity index (χ0v) is 14.3. The van der Waals surface area contributed by atoms with Gasteiger partial charge in [0.25, 0.3) is 5.91 Å². The predicted octanol–water partition coefficient (Wildman–Crippen LogP) is 3.81. The number of nitrogens with one attached hydrogen (secondary N) is 2. The minimum Gasteiger partial charge on any atom is -0.380 e. The van der Waals surface area contributed by atoms with Crippen LogP contribution in [-0.2, 0) is 13.0 Å². The second-order valence-electron chi connectivity index (χ2n) is 5.93. The van der Waals surface area contributed by atoms with Crippen molar-refractivity contribution in [1.82, 2.24) is 10.3 Å². The molecule has 0 aliphatic carbocycles. The van der Waals surface area contributed by atoms with Gasteiger partial charge in [-0.15, -0.1) is 0 Å². The Morgan fingerprint density at radius 3 is 2.50 bits per heavy atom. The first-order chi connectivity index (χ1) is 12.7. The minimum absolute atomic E-state index is 0.154. The van der Waals surface area contributed by atoms with Crippen molar-refractivity contribution in [3.8, 4) is 0 Å². The summed E-state index contributed by atoms with van der Waals surface area (Å²) >= 11 is 0. The quantitative estimate of drug-likeness (QED) is 0.682. The first kappa shape index (κ1) is 17.6. The van der Waals surface area contributed by atoms with Crippen LogP contribution in [0.4, 0.5) is 10.1 Å². The zero-order chi connectivity index (χ0) is 18.2. The molecule has 1 aromatic heterocycles. The van der Waals surface area contributed by atoms with Crippen LogP contribution in [0.2, 0.25) is 0 Å². The molecule has 2 N–H and O–H groups in total. The Kier molecular flexibility index (Phi) is 5.93. The van der Waals surface area contributed by atoms with Crippen LogP contribution in [0.15, 0.2) is 73.1 Å². The lowest BCUT2D eigenvalue weighted by molar-refractivity contribution is 0.0954. The highest BCUT2D eigenvalue weighted by Gasteiger charge is 2.07. The van der Waals surface area contributed by atoms with Gasteiger partial charge < -0.3 is 10.6 Å². The van der Waals surface area contributed by atoms with E-state index in [0.29, 0.717) is 18.7 Å². The molecule has 2 aromatic carbocycles. The van der Waals surface area contributed by atoms with Gasteiger partial charge in [-0.2, -0.15) is 0 Å². The fraction of sp³-hybridized carbons (Fsp3) is 0.143. The summed E-state index contributed by atoms with van der Waals surface area (Å²) in [4.78, 5) is 16.4. The van der Waals surface area contributed by atoms with E-state index < -0.39 is 0 Å². The second-order valence-corrected chi connectivity index (χ2v) is 5.93. The van der Waals surface area contributed by atoms with Gasteiger partial charge in [-0.05, 0) is 35.7 Å². The highest BCUT2D eigenvalue weighted by atomic mass is 19.1. The Balaban J connectivity index is 1.52. The van der Waals surface area contributed by atoms with Crippen LogP contribution in [-0.4, -0.2) is 17.4 Å². The number of halogens is 1. The van der Waals surface area contributed by atoms with Crippen LogP contribution in [0.25, 0.3) is 0 Å². The van der Waals surface area contributed by atoms with E-state index in [2.05, 4.69) is 15.6 Å². The number of nitrogens with zero attached hydrogens (tertiary/aromatic N) is 1. The molecule has 0 fully saturated rings. The molecule has 4 nitrogen and oxygen atoms in total. The second kappa shape index (κ2) is 8.76. The molecule has 5 heteroatoms. The van der Waals surface area contributed by atoms with Gasteiger partial charge in [-0.25, -0.2) is 4.39 Å². The molecule has 0 saturated carbocycles. The number of pyridine rings is 1. The van der Waals surface area contributed by atoms with Crippen LogP contribution in [0.3, 0.4) is 0 Å². The highest BCUT2D eigenvalue weighted by Crippen LogP contribution is 2.11. The van der Waals surface area contributed by atoms with Crippen molar-refractivity contribution in [3.63, 3.8) is 0 Å². The summed E-state index contributed by atoms with van der Waals surface area (Å²) in [6.07, 6.45) is 3.98. The number of rotatable bonds is 7. The normalized spacial score (nSPS) is 10.3. The molecule has 26 heavy (non-hydrogen) atoms. The number of benzene rings is 2. The smallest absolute Gasteiger partial charge is 0.252 e. The van der Waals surface area contributed by atoms with Crippen LogP contribution < -0.4 is 10.6 Å². The molecule has 3 aromatic rings. The van der Waals surface area contributed by atoms with E-state index in [9.17, 15) is 9.18 Å². The number of anilines is 1. The summed E-state index contributed by atoms with van der Waals surface area (Å²) in [6.45, 7) is 1.09. The molecule has 1 heterocycles. The summed E-state index contributed by atoms with van der Waals surface area (Å²) in [5.74, 6) is -0.413. The van der Waals surface area contributed by atoms with E-state index in [1.165, 1.54) is 17.7 Å². The first-order valence-electron chi connectivity index (χ1n) is 8.46. The summed E-state index contributed by atoms with van der Waals surface area (Å²) in [7, 11) is 0. The van der Waals surface area contributed by atoms with Gasteiger partial charge in [0, 0.05) is 25.5 Å². The summed E-state index contributed by atoms with van der Waals surface area (Å²) in [6, 6.07) is 18.0. The first-order valence-corrected chi connectivity index (χ1v) is 8.46. The van der Waals surface area contributed by atoms with Gasteiger partial charge in [-0.1, -0.05) is 42.5 Å². The van der Waals surface area contributed by atoms with Crippen molar-refractivity contribution in [2.24, 2.45) is 0 Å². The van der Waals surface area contributed by atoms with Gasteiger partial charge in [0.15, 0.2) is 0 Å². The number of hydrogen-bond donors (Lipinski definition) is 2. The van der Waals surface area contributed by atoms with Crippen molar-refractivity contribution >= 4 is 11.6 Å². The fourth-order valence-electron chi connectivity index (χ4n) is 2.53. The largest absolute Gasteiger partial charge is 0.380 e. The third kappa shape index (κ3) is 5.14. The maximum Gasteiger partial charge on any atom is 0.252 e. The summed E-state index contributed by atoms with van der Waals surface area (Å²) in [5, 5.41) is 6.10. The molecule has 0 bridgehead atoms.